The topological polar surface area (TPSA) is 75.7 Å². The highest BCUT2D eigenvalue weighted by molar-refractivity contribution is 9.10. The second-order valence-electron chi connectivity index (χ2n) is 6.69. The van der Waals surface area contributed by atoms with Gasteiger partial charge >= 0.3 is 5.97 Å². The summed E-state index contributed by atoms with van der Waals surface area (Å²) in [7, 11) is 0. The van der Waals surface area contributed by atoms with Crippen LogP contribution in [0.3, 0.4) is 0 Å². The van der Waals surface area contributed by atoms with Crippen LogP contribution in [0.15, 0.2) is 51.4 Å². The number of anilines is 2. The number of esters is 1. The van der Waals surface area contributed by atoms with E-state index in [-0.39, 0.29) is 25.5 Å². The van der Waals surface area contributed by atoms with Crippen molar-refractivity contribution < 1.29 is 19.1 Å². The molecule has 6 nitrogen and oxygen atoms in total. The van der Waals surface area contributed by atoms with Crippen molar-refractivity contribution in [3.8, 4) is 0 Å². The van der Waals surface area contributed by atoms with E-state index in [9.17, 15) is 14.4 Å². The summed E-state index contributed by atoms with van der Waals surface area (Å²) < 4.78 is 7.00. The molecule has 1 heterocycles. The monoisotopic (exact) mass is 522 g/mol. The predicted octanol–water partition coefficient (Wildman–Crippen LogP) is 4.31. The van der Waals surface area contributed by atoms with Crippen molar-refractivity contribution in [2.75, 3.05) is 23.4 Å². The summed E-state index contributed by atoms with van der Waals surface area (Å²) in [6.45, 7) is 1.85. The number of nitrogens with one attached hydrogen (secondary N) is 1. The molecule has 1 fully saturated rings. The van der Waals surface area contributed by atoms with Crippen molar-refractivity contribution in [3.05, 3.63) is 57.0 Å². The number of nitrogens with zero attached hydrogens (tertiary/aromatic N) is 1. The molecule has 0 aliphatic carbocycles. The summed E-state index contributed by atoms with van der Waals surface area (Å²) in [5.74, 6) is -1.68. The Labute approximate surface area is 185 Å². The van der Waals surface area contributed by atoms with Crippen LogP contribution in [0, 0.1) is 5.92 Å². The Hall–Kier alpha value is -2.19. The summed E-state index contributed by atoms with van der Waals surface area (Å²) in [6, 6.07) is 12.9. The van der Waals surface area contributed by atoms with Gasteiger partial charge in [-0.25, -0.2) is 0 Å². The number of hydrogen-bond acceptors (Lipinski definition) is 4. The number of ether oxygens (including phenoxy) is 1. The van der Waals surface area contributed by atoms with E-state index in [2.05, 4.69) is 37.2 Å². The van der Waals surface area contributed by atoms with Gasteiger partial charge in [0.05, 0.1) is 5.92 Å². The van der Waals surface area contributed by atoms with Gasteiger partial charge in [-0.1, -0.05) is 38.8 Å². The van der Waals surface area contributed by atoms with Crippen molar-refractivity contribution in [2.24, 2.45) is 5.92 Å². The molecule has 0 unspecified atom stereocenters. The molecule has 1 saturated heterocycles. The van der Waals surface area contributed by atoms with Crippen molar-refractivity contribution in [3.63, 3.8) is 0 Å². The summed E-state index contributed by atoms with van der Waals surface area (Å²) in [5, 5.41) is 2.76. The normalized spacial score (nSPS) is 16.0. The maximum absolute atomic E-state index is 12.4. The lowest BCUT2D eigenvalue weighted by atomic mass is 10.1. The van der Waals surface area contributed by atoms with E-state index in [1.807, 2.05) is 43.3 Å². The van der Waals surface area contributed by atoms with Crippen LogP contribution < -0.4 is 10.2 Å². The minimum atomic E-state index is -0.585. The first kappa shape index (κ1) is 21.5. The molecule has 2 aromatic carbocycles. The number of aryl methyl sites for hydroxylation is 1. The van der Waals surface area contributed by atoms with E-state index >= 15 is 0 Å². The van der Waals surface area contributed by atoms with Crippen molar-refractivity contribution in [1.29, 1.82) is 0 Å². The molecule has 0 saturated carbocycles. The van der Waals surface area contributed by atoms with Gasteiger partial charge in [-0.05, 0) is 54.4 Å². The van der Waals surface area contributed by atoms with E-state index in [1.54, 1.807) is 11.0 Å². The van der Waals surface area contributed by atoms with Crippen LogP contribution in [-0.4, -0.2) is 30.9 Å². The molecule has 0 spiro atoms. The number of hydrogen-bond donors (Lipinski definition) is 1. The molecule has 1 atom stereocenters. The standard InChI is InChI=1S/C21H20Br2N2O4/c1-2-13-9-16(23)5-8-18(13)24-19(26)12-29-21(28)14-10-20(27)25(11-14)17-6-3-15(22)4-7-17/h3-9,14H,2,10-12H2,1H3,(H,24,26)/t14-/m1/s1. The van der Waals surface area contributed by atoms with E-state index in [1.165, 1.54) is 0 Å². The lowest BCUT2D eigenvalue weighted by molar-refractivity contribution is -0.151. The van der Waals surface area contributed by atoms with Gasteiger partial charge in [-0.15, -0.1) is 0 Å². The Morgan fingerprint density at radius 2 is 1.83 bits per heavy atom. The second kappa shape index (κ2) is 9.54. The molecule has 0 bridgehead atoms. The fraction of sp³-hybridized carbons (Fsp3) is 0.286. The molecular weight excluding hydrogens is 504 g/mol. The molecule has 0 radical (unpaired) electrons. The zero-order chi connectivity index (χ0) is 21.0. The molecule has 152 valence electrons. The second-order valence-corrected chi connectivity index (χ2v) is 8.52. The number of halogens is 2. The number of carbonyl (C=O) groups is 3. The van der Waals surface area contributed by atoms with Gasteiger partial charge in [0.15, 0.2) is 6.61 Å². The van der Waals surface area contributed by atoms with Crippen LogP contribution in [-0.2, 0) is 25.5 Å². The molecule has 1 N–H and O–H groups in total. The quantitative estimate of drug-likeness (QED) is 0.572. The minimum Gasteiger partial charge on any atom is -0.455 e. The Morgan fingerprint density at radius 1 is 1.14 bits per heavy atom. The Bertz CT molecular complexity index is 931. The number of amides is 2. The fourth-order valence-electron chi connectivity index (χ4n) is 3.15. The first-order valence-corrected chi connectivity index (χ1v) is 10.8. The largest absolute Gasteiger partial charge is 0.455 e. The Balaban J connectivity index is 1.54. The highest BCUT2D eigenvalue weighted by atomic mass is 79.9. The number of benzene rings is 2. The predicted molar refractivity (Wildman–Crippen MR) is 118 cm³/mol. The third-order valence-corrected chi connectivity index (χ3v) is 5.69. The van der Waals surface area contributed by atoms with Crippen molar-refractivity contribution in [1.82, 2.24) is 0 Å². The minimum absolute atomic E-state index is 0.0726. The van der Waals surface area contributed by atoms with Gasteiger partial charge in [0.25, 0.3) is 5.91 Å². The first-order chi connectivity index (χ1) is 13.9. The molecule has 29 heavy (non-hydrogen) atoms. The van der Waals surface area contributed by atoms with E-state index in [0.29, 0.717) is 5.69 Å². The Morgan fingerprint density at radius 3 is 2.52 bits per heavy atom. The zero-order valence-corrected chi connectivity index (χ0v) is 19.0. The van der Waals surface area contributed by atoms with Crippen molar-refractivity contribution >= 4 is 61.0 Å². The van der Waals surface area contributed by atoms with Gasteiger partial charge in [0.2, 0.25) is 5.91 Å². The average Bonchev–Trinajstić information content (AvgIpc) is 3.09. The molecule has 0 aromatic heterocycles. The molecule has 1 aliphatic rings. The Kier molecular flexibility index (Phi) is 7.08. The van der Waals surface area contributed by atoms with Crippen LogP contribution in [0.4, 0.5) is 11.4 Å². The van der Waals surface area contributed by atoms with Gasteiger partial charge in [-0.2, -0.15) is 0 Å². The maximum atomic E-state index is 12.4. The van der Waals surface area contributed by atoms with Gasteiger partial charge in [0, 0.05) is 33.3 Å². The summed E-state index contributed by atoms with van der Waals surface area (Å²) in [4.78, 5) is 38.4. The average molecular weight is 524 g/mol. The third kappa shape index (κ3) is 5.45. The molecule has 2 amide bonds. The summed E-state index contributed by atoms with van der Waals surface area (Å²) in [5.41, 5.74) is 2.40. The van der Waals surface area contributed by atoms with Crippen LogP contribution in [0.5, 0.6) is 0 Å². The lowest BCUT2D eigenvalue weighted by Gasteiger charge is -2.16. The van der Waals surface area contributed by atoms with Crippen LogP contribution in [0.2, 0.25) is 0 Å². The van der Waals surface area contributed by atoms with Crippen molar-refractivity contribution in [2.45, 2.75) is 19.8 Å². The maximum Gasteiger partial charge on any atom is 0.311 e. The molecule has 3 rings (SSSR count). The fourth-order valence-corrected chi connectivity index (χ4v) is 3.83. The van der Waals surface area contributed by atoms with E-state index < -0.39 is 17.8 Å². The molecule has 1 aliphatic heterocycles. The number of rotatable bonds is 6. The third-order valence-electron chi connectivity index (χ3n) is 4.66. The van der Waals surface area contributed by atoms with E-state index in [4.69, 9.17) is 4.74 Å². The van der Waals surface area contributed by atoms with Crippen LogP contribution in [0.1, 0.15) is 18.9 Å². The smallest absolute Gasteiger partial charge is 0.311 e. The zero-order valence-electron chi connectivity index (χ0n) is 15.8. The number of carbonyl (C=O) groups excluding carboxylic acids is 3. The summed E-state index contributed by atoms with van der Waals surface area (Å²) in [6.07, 6.45) is 0.828. The highest BCUT2D eigenvalue weighted by Crippen LogP contribution is 2.27. The summed E-state index contributed by atoms with van der Waals surface area (Å²) >= 11 is 6.76. The molecular formula is C21H20Br2N2O4. The van der Waals surface area contributed by atoms with Gasteiger partial charge in [-0.3, -0.25) is 14.4 Å². The van der Waals surface area contributed by atoms with E-state index in [0.717, 1.165) is 26.6 Å². The van der Waals surface area contributed by atoms with Gasteiger partial charge < -0.3 is 15.0 Å². The van der Waals surface area contributed by atoms with Crippen LogP contribution in [0.25, 0.3) is 0 Å². The highest BCUT2D eigenvalue weighted by Gasteiger charge is 2.36. The lowest BCUT2D eigenvalue weighted by Crippen LogP contribution is -2.28. The first-order valence-electron chi connectivity index (χ1n) is 9.18. The molecule has 2 aromatic rings. The van der Waals surface area contributed by atoms with Gasteiger partial charge in [0.1, 0.15) is 0 Å². The SMILES string of the molecule is CCc1cc(Br)ccc1NC(=O)COC(=O)[C@@H]1CC(=O)N(c2ccc(Br)cc2)C1. The molecule has 8 heteroatoms. The van der Waals surface area contributed by atoms with Crippen LogP contribution >= 0.6 is 31.9 Å².